The van der Waals surface area contributed by atoms with Crippen molar-refractivity contribution in [2.24, 2.45) is 0 Å². The molecule has 0 unspecified atom stereocenters. The Hall–Kier alpha value is -1.35. The van der Waals surface area contributed by atoms with E-state index in [1.165, 1.54) is 23.7 Å². The zero-order chi connectivity index (χ0) is 12.1. The summed E-state index contributed by atoms with van der Waals surface area (Å²) in [6, 6.07) is 8.95. The molecule has 17 heavy (non-hydrogen) atoms. The van der Waals surface area contributed by atoms with Crippen LogP contribution in [0.25, 0.3) is 10.9 Å². The van der Waals surface area contributed by atoms with Crippen molar-refractivity contribution in [2.45, 2.75) is 39.3 Å². The van der Waals surface area contributed by atoms with Gasteiger partial charge in [-0.05, 0) is 25.5 Å². The lowest BCUT2D eigenvalue weighted by Crippen LogP contribution is -2.23. The Morgan fingerprint density at radius 1 is 1.24 bits per heavy atom. The van der Waals surface area contributed by atoms with E-state index in [4.69, 9.17) is 0 Å². The average molecular weight is 231 g/mol. The Balaban J connectivity index is 1.83. The van der Waals surface area contributed by atoms with Crippen LogP contribution in [0.1, 0.15) is 26.7 Å². The minimum atomic E-state index is 0.584. The molecule has 0 aliphatic heterocycles. The molecule has 1 aromatic carbocycles. The number of unbranched alkanes of at least 4 members (excludes halogenated alkanes) is 1. The number of aryl methyl sites for hydroxylation is 1. The van der Waals surface area contributed by atoms with Gasteiger partial charge in [-0.3, -0.25) is 4.68 Å². The normalized spacial score (nSPS) is 11.5. The SMILES string of the molecule is CC(C)NCCCCn1ncc2ccccc21. The minimum absolute atomic E-state index is 0.584. The van der Waals surface area contributed by atoms with Gasteiger partial charge in [-0.25, -0.2) is 0 Å². The van der Waals surface area contributed by atoms with Crippen LogP contribution in [0.2, 0.25) is 0 Å². The third-order valence-electron chi connectivity index (χ3n) is 2.90. The highest BCUT2D eigenvalue weighted by atomic mass is 15.3. The fourth-order valence-electron chi connectivity index (χ4n) is 1.98. The van der Waals surface area contributed by atoms with Gasteiger partial charge in [0.1, 0.15) is 0 Å². The Kier molecular flexibility index (Phi) is 4.15. The topological polar surface area (TPSA) is 29.9 Å². The summed E-state index contributed by atoms with van der Waals surface area (Å²) in [5, 5.41) is 9.09. The first-order chi connectivity index (χ1) is 8.27. The molecule has 0 aliphatic rings. The van der Waals surface area contributed by atoms with E-state index < -0.39 is 0 Å². The van der Waals surface area contributed by atoms with Crippen LogP contribution in [0.4, 0.5) is 0 Å². The van der Waals surface area contributed by atoms with E-state index in [1.807, 2.05) is 6.20 Å². The number of hydrogen-bond donors (Lipinski definition) is 1. The molecule has 1 aromatic heterocycles. The lowest BCUT2D eigenvalue weighted by atomic mass is 10.2. The molecule has 1 N–H and O–H groups in total. The van der Waals surface area contributed by atoms with E-state index in [9.17, 15) is 0 Å². The molecule has 0 atom stereocenters. The zero-order valence-corrected chi connectivity index (χ0v) is 10.7. The molecule has 0 aliphatic carbocycles. The Labute approximate surface area is 103 Å². The second-order valence-corrected chi connectivity index (χ2v) is 4.74. The highest BCUT2D eigenvalue weighted by Gasteiger charge is 2.00. The van der Waals surface area contributed by atoms with Gasteiger partial charge in [0.25, 0.3) is 0 Å². The van der Waals surface area contributed by atoms with Gasteiger partial charge in [0.2, 0.25) is 0 Å². The monoisotopic (exact) mass is 231 g/mol. The molecule has 92 valence electrons. The molecule has 2 aromatic rings. The number of aromatic nitrogens is 2. The Bertz CT molecular complexity index is 459. The summed E-state index contributed by atoms with van der Waals surface area (Å²) >= 11 is 0. The summed E-state index contributed by atoms with van der Waals surface area (Å²) in [7, 11) is 0. The molecule has 0 saturated heterocycles. The van der Waals surface area contributed by atoms with Crippen molar-refractivity contribution in [2.75, 3.05) is 6.54 Å². The molecular weight excluding hydrogens is 210 g/mol. The van der Waals surface area contributed by atoms with Gasteiger partial charge < -0.3 is 5.32 Å². The molecule has 1 heterocycles. The number of rotatable bonds is 6. The molecule has 3 nitrogen and oxygen atoms in total. The Morgan fingerprint density at radius 3 is 2.88 bits per heavy atom. The maximum atomic E-state index is 4.42. The maximum absolute atomic E-state index is 4.42. The number of nitrogens with zero attached hydrogens (tertiary/aromatic N) is 2. The summed E-state index contributed by atoms with van der Waals surface area (Å²) in [6.07, 6.45) is 4.32. The van der Waals surface area contributed by atoms with Gasteiger partial charge in [-0.1, -0.05) is 32.0 Å². The molecule has 0 amide bonds. The van der Waals surface area contributed by atoms with Crippen LogP contribution in [0.5, 0.6) is 0 Å². The van der Waals surface area contributed by atoms with Gasteiger partial charge in [0.15, 0.2) is 0 Å². The number of benzene rings is 1. The van der Waals surface area contributed by atoms with E-state index in [2.05, 4.69) is 53.2 Å². The van der Waals surface area contributed by atoms with Crippen LogP contribution in [0.3, 0.4) is 0 Å². The van der Waals surface area contributed by atoms with Gasteiger partial charge >= 0.3 is 0 Å². The molecule has 3 heteroatoms. The number of para-hydroxylation sites is 1. The lowest BCUT2D eigenvalue weighted by Gasteiger charge is -2.08. The molecule has 2 rings (SSSR count). The first kappa shape index (κ1) is 12.1. The van der Waals surface area contributed by atoms with Crippen molar-refractivity contribution >= 4 is 10.9 Å². The van der Waals surface area contributed by atoms with Crippen LogP contribution in [0, 0.1) is 0 Å². The van der Waals surface area contributed by atoms with E-state index in [1.54, 1.807) is 0 Å². The van der Waals surface area contributed by atoms with Crippen molar-refractivity contribution in [3.8, 4) is 0 Å². The number of nitrogens with one attached hydrogen (secondary N) is 1. The third-order valence-corrected chi connectivity index (χ3v) is 2.90. The molecule has 0 saturated carbocycles. The number of fused-ring (bicyclic) bond motifs is 1. The molecule has 0 radical (unpaired) electrons. The smallest absolute Gasteiger partial charge is 0.0682 e. The first-order valence-corrected chi connectivity index (χ1v) is 6.41. The number of hydrogen-bond acceptors (Lipinski definition) is 2. The van der Waals surface area contributed by atoms with Crippen molar-refractivity contribution in [3.63, 3.8) is 0 Å². The second-order valence-electron chi connectivity index (χ2n) is 4.74. The standard InChI is InChI=1S/C14H21N3/c1-12(2)15-9-5-6-10-17-14-8-4-3-7-13(14)11-16-17/h3-4,7-8,11-12,15H,5-6,9-10H2,1-2H3. The molecule has 0 bridgehead atoms. The van der Waals surface area contributed by atoms with Gasteiger partial charge in [0, 0.05) is 18.0 Å². The van der Waals surface area contributed by atoms with Gasteiger partial charge in [0.05, 0.1) is 11.7 Å². The predicted molar refractivity (Wildman–Crippen MR) is 72.1 cm³/mol. The summed E-state index contributed by atoms with van der Waals surface area (Å²) in [5.74, 6) is 0. The third kappa shape index (κ3) is 3.30. The summed E-state index contributed by atoms with van der Waals surface area (Å²) in [6.45, 7) is 6.46. The predicted octanol–water partition coefficient (Wildman–Crippen LogP) is 2.81. The van der Waals surface area contributed by atoms with E-state index >= 15 is 0 Å². The molecule has 0 fully saturated rings. The van der Waals surface area contributed by atoms with Crippen molar-refractivity contribution in [3.05, 3.63) is 30.5 Å². The highest BCUT2D eigenvalue weighted by molar-refractivity contribution is 5.78. The van der Waals surface area contributed by atoms with Crippen LogP contribution in [-0.4, -0.2) is 22.4 Å². The van der Waals surface area contributed by atoms with Gasteiger partial charge in [-0.15, -0.1) is 0 Å². The zero-order valence-electron chi connectivity index (χ0n) is 10.7. The molecular formula is C14H21N3. The largest absolute Gasteiger partial charge is 0.315 e. The van der Waals surface area contributed by atoms with Crippen molar-refractivity contribution in [1.29, 1.82) is 0 Å². The van der Waals surface area contributed by atoms with Gasteiger partial charge in [-0.2, -0.15) is 5.10 Å². The second kappa shape index (κ2) is 5.82. The van der Waals surface area contributed by atoms with Crippen LogP contribution < -0.4 is 5.32 Å². The summed E-state index contributed by atoms with van der Waals surface area (Å²) in [5.41, 5.74) is 1.24. The quantitative estimate of drug-likeness (QED) is 0.775. The maximum Gasteiger partial charge on any atom is 0.0682 e. The Morgan fingerprint density at radius 2 is 2.06 bits per heavy atom. The van der Waals surface area contributed by atoms with Crippen LogP contribution in [0.15, 0.2) is 30.5 Å². The first-order valence-electron chi connectivity index (χ1n) is 6.41. The molecule has 0 spiro atoms. The highest BCUT2D eigenvalue weighted by Crippen LogP contribution is 2.13. The van der Waals surface area contributed by atoms with Crippen molar-refractivity contribution < 1.29 is 0 Å². The minimum Gasteiger partial charge on any atom is -0.315 e. The van der Waals surface area contributed by atoms with E-state index in [0.29, 0.717) is 6.04 Å². The van der Waals surface area contributed by atoms with Crippen LogP contribution >= 0.6 is 0 Å². The van der Waals surface area contributed by atoms with E-state index in [-0.39, 0.29) is 0 Å². The average Bonchev–Trinajstić information content (AvgIpc) is 2.72. The summed E-state index contributed by atoms with van der Waals surface area (Å²) in [4.78, 5) is 0. The van der Waals surface area contributed by atoms with Crippen molar-refractivity contribution in [1.82, 2.24) is 15.1 Å². The van der Waals surface area contributed by atoms with E-state index in [0.717, 1.165) is 13.1 Å². The van der Waals surface area contributed by atoms with Crippen LogP contribution in [-0.2, 0) is 6.54 Å². The summed E-state index contributed by atoms with van der Waals surface area (Å²) < 4.78 is 2.10. The fraction of sp³-hybridized carbons (Fsp3) is 0.500. The fourth-order valence-corrected chi connectivity index (χ4v) is 1.98. The lowest BCUT2D eigenvalue weighted by molar-refractivity contribution is 0.519.